The molecule has 0 aromatic heterocycles. The molecule has 0 unspecified atom stereocenters. The van der Waals surface area contributed by atoms with Gasteiger partial charge in [0.2, 0.25) is 0 Å². The highest BCUT2D eigenvalue weighted by Crippen LogP contribution is 2.29. The van der Waals surface area contributed by atoms with Crippen LogP contribution in [0, 0.1) is 0 Å². The first-order valence-electron chi connectivity index (χ1n) is 7.62. The monoisotopic (exact) mass is 352 g/mol. The van der Waals surface area contributed by atoms with Gasteiger partial charge in [0.25, 0.3) is 0 Å². The Bertz CT molecular complexity index is 527. The predicted molar refractivity (Wildman–Crippen MR) is 85.5 cm³/mol. The van der Waals surface area contributed by atoms with E-state index in [9.17, 15) is 4.79 Å². The zero-order valence-corrected chi connectivity index (χ0v) is 13.6. The van der Waals surface area contributed by atoms with Crippen molar-refractivity contribution < 1.29 is 9.90 Å². The summed E-state index contributed by atoms with van der Waals surface area (Å²) in [7, 11) is 0. The van der Waals surface area contributed by atoms with Gasteiger partial charge >= 0.3 is 6.09 Å². The maximum absolute atomic E-state index is 10.7. The van der Waals surface area contributed by atoms with Crippen LogP contribution in [0.3, 0.4) is 0 Å². The number of nitrogens with one attached hydrogen (secondary N) is 1. The van der Waals surface area contributed by atoms with Crippen LogP contribution >= 0.6 is 15.9 Å². The summed E-state index contributed by atoms with van der Waals surface area (Å²) in [6, 6.07) is 7.33. The fourth-order valence-electron chi connectivity index (χ4n) is 3.61. The third-order valence-corrected chi connectivity index (χ3v) is 5.24. The molecule has 1 saturated carbocycles. The van der Waals surface area contributed by atoms with Crippen LogP contribution in [0.25, 0.3) is 0 Å². The molecule has 5 heteroatoms. The van der Waals surface area contributed by atoms with Gasteiger partial charge in [-0.15, -0.1) is 0 Å². The van der Waals surface area contributed by atoms with Crippen LogP contribution in [0.1, 0.15) is 36.8 Å². The molecule has 1 aliphatic carbocycles. The quantitative estimate of drug-likeness (QED) is 0.857. The Balaban J connectivity index is 1.58. The van der Waals surface area contributed by atoms with Crippen LogP contribution in [-0.4, -0.2) is 34.7 Å². The van der Waals surface area contributed by atoms with Gasteiger partial charge in [0.15, 0.2) is 0 Å². The van der Waals surface area contributed by atoms with Gasteiger partial charge in [0, 0.05) is 29.6 Å². The van der Waals surface area contributed by atoms with Crippen molar-refractivity contribution in [3.63, 3.8) is 0 Å². The Labute approximate surface area is 133 Å². The van der Waals surface area contributed by atoms with Gasteiger partial charge in [-0.2, -0.15) is 0 Å². The number of carboxylic acid groups (broad SMARTS) is 1. The molecule has 21 heavy (non-hydrogen) atoms. The summed E-state index contributed by atoms with van der Waals surface area (Å²) in [4.78, 5) is 13.3. The van der Waals surface area contributed by atoms with E-state index < -0.39 is 6.09 Å². The van der Waals surface area contributed by atoms with Crippen LogP contribution in [0.4, 0.5) is 4.79 Å². The van der Waals surface area contributed by atoms with E-state index in [4.69, 9.17) is 5.11 Å². The second-order valence-corrected chi connectivity index (χ2v) is 7.00. The van der Waals surface area contributed by atoms with E-state index in [1.807, 2.05) is 0 Å². The topological polar surface area (TPSA) is 52.6 Å². The van der Waals surface area contributed by atoms with E-state index in [1.54, 1.807) is 0 Å². The molecule has 0 bridgehead atoms. The largest absolute Gasteiger partial charge is 0.465 e. The SMILES string of the molecule is O=C(O)NC1CCC(N2CCc3cc(Br)ccc3C2)CC1. The second-order valence-electron chi connectivity index (χ2n) is 6.09. The van der Waals surface area contributed by atoms with Crippen molar-refractivity contribution in [1.82, 2.24) is 10.2 Å². The van der Waals surface area contributed by atoms with Gasteiger partial charge in [0.1, 0.15) is 0 Å². The van der Waals surface area contributed by atoms with Crippen molar-refractivity contribution in [3.8, 4) is 0 Å². The number of hydrogen-bond donors (Lipinski definition) is 2. The van der Waals surface area contributed by atoms with Crippen LogP contribution in [0.15, 0.2) is 22.7 Å². The number of amides is 1. The maximum Gasteiger partial charge on any atom is 0.404 e. The fourth-order valence-corrected chi connectivity index (χ4v) is 4.02. The Morgan fingerprint density at radius 2 is 2.00 bits per heavy atom. The molecule has 0 spiro atoms. The number of nitrogens with zero attached hydrogens (tertiary/aromatic N) is 1. The average Bonchev–Trinajstić information content (AvgIpc) is 2.47. The third-order valence-electron chi connectivity index (χ3n) is 4.75. The van der Waals surface area contributed by atoms with Gasteiger partial charge in [-0.3, -0.25) is 4.90 Å². The molecule has 1 aromatic carbocycles. The Kier molecular flexibility index (Phi) is 4.50. The standard InChI is InChI=1S/C16H21BrN2O2/c17-13-2-1-12-10-19(8-7-11(12)9-13)15-5-3-14(4-6-15)18-16(20)21/h1-2,9,14-15,18H,3-8,10H2,(H,20,21). The summed E-state index contributed by atoms with van der Waals surface area (Å²) >= 11 is 3.54. The highest BCUT2D eigenvalue weighted by Gasteiger charge is 2.28. The molecule has 3 rings (SSSR count). The highest BCUT2D eigenvalue weighted by molar-refractivity contribution is 9.10. The lowest BCUT2D eigenvalue weighted by Gasteiger charge is -2.39. The summed E-state index contributed by atoms with van der Waals surface area (Å²) < 4.78 is 1.16. The molecule has 1 amide bonds. The number of halogens is 1. The molecule has 0 radical (unpaired) electrons. The number of benzene rings is 1. The smallest absolute Gasteiger partial charge is 0.404 e. The number of carbonyl (C=O) groups is 1. The summed E-state index contributed by atoms with van der Waals surface area (Å²) in [5.41, 5.74) is 2.90. The molecular formula is C16H21BrN2O2. The molecule has 2 N–H and O–H groups in total. The zero-order valence-electron chi connectivity index (χ0n) is 12.0. The molecule has 0 saturated heterocycles. The molecule has 4 nitrogen and oxygen atoms in total. The molecule has 2 aliphatic rings. The van der Waals surface area contributed by atoms with E-state index in [2.05, 4.69) is 44.3 Å². The van der Waals surface area contributed by atoms with Gasteiger partial charge in [0.05, 0.1) is 0 Å². The van der Waals surface area contributed by atoms with Gasteiger partial charge in [-0.1, -0.05) is 22.0 Å². The van der Waals surface area contributed by atoms with Crippen molar-refractivity contribution in [2.45, 2.75) is 50.7 Å². The Morgan fingerprint density at radius 3 is 2.71 bits per heavy atom. The van der Waals surface area contributed by atoms with Gasteiger partial charge < -0.3 is 10.4 Å². The summed E-state index contributed by atoms with van der Waals surface area (Å²) in [5, 5.41) is 11.4. The van der Waals surface area contributed by atoms with E-state index in [1.165, 1.54) is 11.1 Å². The van der Waals surface area contributed by atoms with Crippen LogP contribution in [0.2, 0.25) is 0 Å². The van der Waals surface area contributed by atoms with Crippen LogP contribution < -0.4 is 5.32 Å². The van der Waals surface area contributed by atoms with Crippen molar-refractivity contribution >= 4 is 22.0 Å². The Hall–Kier alpha value is -1.07. The normalized spacial score (nSPS) is 26.1. The van der Waals surface area contributed by atoms with Crippen LogP contribution in [-0.2, 0) is 13.0 Å². The third kappa shape index (κ3) is 3.58. The number of hydrogen-bond acceptors (Lipinski definition) is 2. The lowest BCUT2D eigenvalue weighted by atomic mass is 9.88. The van der Waals surface area contributed by atoms with E-state index in [0.29, 0.717) is 6.04 Å². The van der Waals surface area contributed by atoms with Gasteiger partial charge in [-0.25, -0.2) is 4.79 Å². The minimum atomic E-state index is -0.893. The maximum atomic E-state index is 10.7. The average molecular weight is 353 g/mol. The van der Waals surface area contributed by atoms with Crippen molar-refractivity contribution in [2.75, 3.05) is 6.54 Å². The van der Waals surface area contributed by atoms with Gasteiger partial charge in [-0.05, 0) is 55.4 Å². The molecule has 1 fully saturated rings. The second kappa shape index (κ2) is 6.36. The number of rotatable bonds is 2. The minimum Gasteiger partial charge on any atom is -0.465 e. The molecule has 0 atom stereocenters. The number of fused-ring (bicyclic) bond motifs is 1. The molecule has 114 valence electrons. The van der Waals surface area contributed by atoms with E-state index in [-0.39, 0.29) is 6.04 Å². The lowest BCUT2D eigenvalue weighted by molar-refractivity contribution is 0.127. The minimum absolute atomic E-state index is 0.145. The summed E-state index contributed by atoms with van der Waals surface area (Å²) in [5.74, 6) is 0. The van der Waals surface area contributed by atoms with Crippen molar-refractivity contribution in [2.24, 2.45) is 0 Å². The Morgan fingerprint density at radius 1 is 1.24 bits per heavy atom. The molecule has 1 aliphatic heterocycles. The fraction of sp³-hybridized carbons (Fsp3) is 0.562. The predicted octanol–water partition coefficient (Wildman–Crippen LogP) is 3.39. The molecular weight excluding hydrogens is 332 g/mol. The van der Waals surface area contributed by atoms with E-state index >= 15 is 0 Å². The first-order valence-corrected chi connectivity index (χ1v) is 8.42. The molecule has 1 aromatic rings. The lowest BCUT2D eigenvalue weighted by Crippen LogP contribution is -2.45. The zero-order chi connectivity index (χ0) is 14.8. The first kappa shape index (κ1) is 14.9. The van der Waals surface area contributed by atoms with E-state index in [0.717, 1.165) is 49.7 Å². The van der Waals surface area contributed by atoms with Crippen LogP contribution in [0.5, 0.6) is 0 Å². The first-order chi connectivity index (χ1) is 10.1. The van der Waals surface area contributed by atoms with Crippen molar-refractivity contribution in [3.05, 3.63) is 33.8 Å². The summed E-state index contributed by atoms with van der Waals surface area (Å²) in [6.45, 7) is 2.15. The molecule has 1 heterocycles. The summed E-state index contributed by atoms with van der Waals surface area (Å²) in [6.07, 6.45) is 4.33. The van der Waals surface area contributed by atoms with Crippen molar-refractivity contribution in [1.29, 1.82) is 0 Å². The highest BCUT2D eigenvalue weighted by atomic mass is 79.9.